The lowest BCUT2D eigenvalue weighted by Gasteiger charge is -2.42. The van der Waals surface area contributed by atoms with E-state index in [2.05, 4.69) is 67.7 Å². The van der Waals surface area contributed by atoms with Gasteiger partial charge in [-0.25, -0.2) is 0 Å². The fraction of sp³-hybridized carbons (Fsp3) is 0.944. The van der Waals surface area contributed by atoms with Gasteiger partial charge in [0.2, 0.25) is 8.32 Å². The molecule has 0 aliphatic carbocycles. The topological polar surface area (TPSA) is 59.0 Å². The fourth-order valence-electron chi connectivity index (χ4n) is 2.41. The van der Waals surface area contributed by atoms with Crippen LogP contribution in [-0.2, 0) is 13.7 Å². The molecule has 0 aromatic rings. The maximum Gasteiger partial charge on any atom is 0.326 e. The molecule has 2 unspecified atom stereocenters. The number of rotatable bonds is 5. The van der Waals surface area contributed by atoms with Gasteiger partial charge in [0.05, 0.1) is 6.10 Å². The van der Waals surface area contributed by atoms with Crippen molar-refractivity contribution in [2.24, 2.45) is 0 Å². The van der Waals surface area contributed by atoms with Crippen LogP contribution < -0.4 is 0 Å². The second-order valence-electron chi connectivity index (χ2n) is 10.7. The molecular weight excluding hydrogens is 350 g/mol. The van der Waals surface area contributed by atoms with E-state index in [0.29, 0.717) is 13.0 Å². The molecule has 1 N–H and O–H groups in total. The van der Waals surface area contributed by atoms with E-state index in [4.69, 9.17) is 8.95 Å². The highest BCUT2D eigenvalue weighted by molar-refractivity contribution is 6.74. The highest BCUT2D eigenvalue weighted by atomic mass is 28.4. The third kappa shape index (κ3) is 4.74. The van der Waals surface area contributed by atoms with Gasteiger partial charge in [0.15, 0.2) is 8.32 Å². The Morgan fingerprint density at radius 1 is 1.04 bits per heavy atom. The fourth-order valence-corrected chi connectivity index (χ4v) is 4.86. The molecule has 1 aliphatic heterocycles. The van der Waals surface area contributed by atoms with Crippen LogP contribution in [0.25, 0.3) is 0 Å². The van der Waals surface area contributed by atoms with Gasteiger partial charge in [-0.3, -0.25) is 4.79 Å². The first kappa shape index (κ1) is 22.8. The minimum atomic E-state index is -2.11. The predicted molar refractivity (Wildman–Crippen MR) is 108 cm³/mol. The average Bonchev–Trinajstić information content (AvgIpc) is 2.62. The molecule has 2 atom stereocenters. The van der Waals surface area contributed by atoms with Crippen molar-refractivity contribution < 1.29 is 18.9 Å². The Morgan fingerprint density at radius 2 is 1.48 bits per heavy atom. The second-order valence-corrected chi connectivity index (χ2v) is 20.2. The van der Waals surface area contributed by atoms with Crippen molar-refractivity contribution in [3.05, 3.63) is 0 Å². The molecule has 0 aromatic heterocycles. The Balaban J connectivity index is 3.05. The number of carboxylic acid groups (broad SMARTS) is 1. The summed E-state index contributed by atoms with van der Waals surface area (Å²) in [6.07, 6.45) is 0.357. The van der Waals surface area contributed by atoms with Gasteiger partial charge in [0, 0.05) is 13.0 Å². The summed E-state index contributed by atoms with van der Waals surface area (Å²) < 4.78 is 12.9. The van der Waals surface area contributed by atoms with Crippen molar-refractivity contribution in [1.29, 1.82) is 0 Å². The van der Waals surface area contributed by atoms with E-state index in [-0.39, 0.29) is 16.2 Å². The Kier molecular flexibility index (Phi) is 6.16. The molecule has 1 rings (SSSR count). The number of hydrogen-bond donors (Lipinski definition) is 1. The van der Waals surface area contributed by atoms with Gasteiger partial charge in [0.1, 0.15) is 5.54 Å². The van der Waals surface area contributed by atoms with Gasteiger partial charge in [-0.15, -0.1) is 0 Å². The third-order valence-electron chi connectivity index (χ3n) is 6.42. The van der Waals surface area contributed by atoms with Crippen LogP contribution in [0.2, 0.25) is 36.3 Å². The minimum Gasteiger partial charge on any atom is -0.480 e. The summed E-state index contributed by atoms with van der Waals surface area (Å²) in [6, 6.07) is 0. The van der Waals surface area contributed by atoms with E-state index in [1.54, 1.807) is 12.0 Å². The third-order valence-corrected chi connectivity index (χ3v) is 15.2. The average molecular weight is 390 g/mol. The molecule has 1 aliphatic rings. The van der Waals surface area contributed by atoms with E-state index in [1.807, 2.05) is 0 Å². The summed E-state index contributed by atoms with van der Waals surface area (Å²) >= 11 is 0. The molecule has 1 fully saturated rings. The number of carboxylic acids is 1. The first-order valence-electron chi connectivity index (χ1n) is 9.21. The lowest BCUT2D eigenvalue weighted by atomic mass is 10.00. The number of hydrogen-bond acceptors (Lipinski definition) is 4. The lowest BCUT2D eigenvalue weighted by molar-refractivity contribution is -0.174. The van der Waals surface area contributed by atoms with Crippen molar-refractivity contribution in [3.8, 4) is 0 Å². The summed E-state index contributed by atoms with van der Waals surface area (Å²) in [5.74, 6) is -0.840. The second kappa shape index (κ2) is 6.74. The standard InChI is InChI=1S/C18H39NO4Si2/c1-16(2,3)24(8,9)22-14-12-18(7,15(20)21)19(13-14)23-25(10,11)17(4,5)6/h14H,12-13H2,1-11H3,(H,20,21). The lowest BCUT2D eigenvalue weighted by Crippen LogP contribution is -2.55. The van der Waals surface area contributed by atoms with Gasteiger partial charge >= 0.3 is 5.97 Å². The molecule has 148 valence electrons. The molecule has 0 saturated carbocycles. The molecule has 1 saturated heterocycles. The monoisotopic (exact) mass is 389 g/mol. The van der Waals surface area contributed by atoms with E-state index in [0.717, 1.165) is 0 Å². The minimum absolute atomic E-state index is 0.0186. The zero-order chi connectivity index (χ0) is 20.1. The van der Waals surface area contributed by atoms with Crippen LogP contribution in [0, 0.1) is 0 Å². The smallest absolute Gasteiger partial charge is 0.326 e. The first-order chi connectivity index (χ1) is 10.8. The van der Waals surface area contributed by atoms with E-state index in [9.17, 15) is 9.90 Å². The highest BCUT2D eigenvalue weighted by Gasteiger charge is 2.54. The van der Waals surface area contributed by atoms with Crippen LogP contribution in [0.3, 0.4) is 0 Å². The van der Waals surface area contributed by atoms with E-state index < -0.39 is 28.1 Å². The van der Waals surface area contributed by atoms with Gasteiger partial charge in [-0.2, -0.15) is 5.06 Å². The Bertz CT molecular complexity index is 508. The van der Waals surface area contributed by atoms with Crippen LogP contribution in [0.1, 0.15) is 54.9 Å². The number of carbonyl (C=O) groups is 1. The molecule has 0 radical (unpaired) electrons. The Morgan fingerprint density at radius 3 is 1.84 bits per heavy atom. The van der Waals surface area contributed by atoms with Gasteiger partial charge in [-0.05, 0) is 43.2 Å². The molecule has 5 nitrogen and oxygen atoms in total. The zero-order valence-electron chi connectivity index (χ0n) is 18.1. The van der Waals surface area contributed by atoms with Crippen molar-refractivity contribution in [1.82, 2.24) is 5.06 Å². The first-order valence-corrected chi connectivity index (χ1v) is 15.0. The van der Waals surface area contributed by atoms with Gasteiger partial charge in [-0.1, -0.05) is 41.5 Å². The maximum absolute atomic E-state index is 12.0. The summed E-state index contributed by atoms with van der Waals surface area (Å²) in [5, 5.41) is 11.7. The van der Waals surface area contributed by atoms with Crippen molar-refractivity contribution >= 4 is 22.6 Å². The maximum atomic E-state index is 12.0. The van der Waals surface area contributed by atoms with Crippen LogP contribution in [0.15, 0.2) is 0 Å². The van der Waals surface area contributed by atoms with E-state index >= 15 is 0 Å². The summed E-state index contributed by atoms with van der Waals surface area (Å²) in [5.41, 5.74) is -1.04. The molecule has 1 heterocycles. The molecule has 0 amide bonds. The van der Waals surface area contributed by atoms with Crippen LogP contribution in [-0.4, -0.2) is 51.0 Å². The van der Waals surface area contributed by atoms with E-state index in [1.165, 1.54) is 0 Å². The molecule has 0 spiro atoms. The molecule has 7 heteroatoms. The SMILES string of the molecule is CC1(C(=O)O)CC(O[Si](C)(C)C(C)(C)C)CN1O[Si](C)(C)C(C)(C)C. The van der Waals surface area contributed by atoms with Crippen LogP contribution in [0.5, 0.6) is 0 Å². The number of hydroxylamine groups is 2. The quantitative estimate of drug-likeness (QED) is 0.680. The summed E-state index contributed by atoms with van der Waals surface area (Å²) in [7, 11) is -4.07. The highest BCUT2D eigenvalue weighted by Crippen LogP contribution is 2.43. The largest absolute Gasteiger partial charge is 0.480 e. The van der Waals surface area contributed by atoms with Gasteiger partial charge < -0.3 is 14.1 Å². The molecule has 0 aromatic carbocycles. The zero-order valence-corrected chi connectivity index (χ0v) is 20.1. The van der Waals surface area contributed by atoms with Crippen molar-refractivity contribution in [2.75, 3.05) is 6.54 Å². The molecule has 0 bridgehead atoms. The molecular formula is C18H39NO4Si2. The van der Waals surface area contributed by atoms with Crippen molar-refractivity contribution in [2.45, 2.75) is 103 Å². The predicted octanol–water partition coefficient (Wildman–Crippen LogP) is 4.86. The summed E-state index contributed by atoms with van der Waals surface area (Å²) in [4.78, 5) is 12.0. The number of aliphatic carboxylic acids is 1. The Hall–Kier alpha value is -0.216. The Labute approximate surface area is 156 Å². The van der Waals surface area contributed by atoms with Gasteiger partial charge in [0.25, 0.3) is 0 Å². The summed E-state index contributed by atoms with van der Waals surface area (Å²) in [6.45, 7) is 24.1. The molecule has 25 heavy (non-hydrogen) atoms. The van der Waals surface area contributed by atoms with Crippen molar-refractivity contribution in [3.63, 3.8) is 0 Å². The van der Waals surface area contributed by atoms with Crippen LogP contribution in [0.4, 0.5) is 0 Å². The number of nitrogens with zero attached hydrogens (tertiary/aromatic N) is 1. The normalized spacial score (nSPS) is 26.9. The van der Waals surface area contributed by atoms with Crippen LogP contribution >= 0.6 is 0 Å².